The summed E-state index contributed by atoms with van der Waals surface area (Å²) in [5.74, 6) is 0.0441. The normalized spacial score (nSPS) is 9.95. The average Bonchev–Trinajstić information content (AvgIpc) is 2.43. The first kappa shape index (κ1) is 16.3. The third-order valence-corrected chi connectivity index (χ3v) is 2.89. The van der Waals surface area contributed by atoms with Gasteiger partial charge in [-0.05, 0) is 24.3 Å². The molecule has 0 saturated carbocycles. The van der Waals surface area contributed by atoms with Gasteiger partial charge in [0.05, 0.1) is 0 Å². The molecule has 110 valence electrons. The van der Waals surface area contributed by atoms with E-state index in [2.05, 4.69) is 10.6 Å². The number of hydrogen-bond donors (Lipinski definition) is 2. The SMILES string of the molecule is CN(C)c1ccc(C(=O)NCCNC(=O)CCCl)cc1. The van der Waals surface area contributed by atoms with E-state index in [0.717, 1.165) is 5.69 Å². The van der Waals surface area contributed by atoms with Crippen LogP contribution in [0.4, 0.5) is 5.69 Å². The quantitative estimate of drug-likeness (QED) is 0.588. The summed E-state index contributed by atoms with van der Waals surface area (Å²) in [7, 11) is 3.89. The minimum atomic E-state index is -0.151. The monoisotopic (exact) mass is 297 g/mol. The number of carbonyl (C=O) groups is 2. The molecule has 0 unspecified atom stereocenters. The molecule has 0 radical (unpaired) electrons. The molecule has 20 heavy (non-hydrogen) atoms. The van der Waals surface area contributed by atoms with Gasteiger partial charge in [0.2, 0.25) is 5.91 Å². The van der Waals surface area contributed by atoms with Crippen LogP contribution in [0.1, 0.15) is 16.8 Å². The Labute approximate surface area is 124 Å². The number of amides is 2. The molecule has 0 heterocycles. The van der Waals surface area contributed by atoms with Crippen LogP contribution in [0.3, 0.4) is 0 Å². The third-order valence-electron chi connectivity index (χ3n) is 2.70. The molecular weight excluding hydrogens is 278 g/mol. The minimum absolute atomic E-state index is 0.107. The first-order valence-electron chi connectivity index (χ1n) is 6.43. The molecule has 2 N–H and O–H groups in total. The lowest BCUT2D eigenvalue weighted by Gasteiger charge is -2.12. The van der Waals surface area contributed by atoms with Crippen molar-refractivity contribution in [1.82, 2.24) is 10.6 Å². The lowest BCUT2D eigenvalue weighted by Crippen LogP contribution is -2.34. The Hall–Kier alpha value is -1.75. The molecule has 1 rings (SSSR count). The first-order chi connectivity index (χ1) is 9.54. The highest BCUT2D eigenvalue weighted by molar-refractivity contribution is 6.18. The van der Waals surface area contributed by atoms with Crippen LogP contribution >= 0.6 is 11.6 Å². The van der Waals surface area contributed by atoms with Gasteiger partial charge in [-0.3, -0.25) is 9.59 Å². The number of nitrogens with one attached hydrogen (secondary N) is 2. The summed E-state index contributed by atoms with van der Waals surface area (Å²) in [4.78, 5) is 25.0. The average molecular weight is 298 g/mol. The van der Waals surface area contributed by atoms with Crippen molar-refractivity contribution >= 4 is 29.1 Å². The maximum atomic E-state index is 11.8. The highest BCUT2D eigenvalue weighted by Crippen LogP contribution is 2.11. The van der Waals surface area contributed by atoms with Crippen molar-refractivity contribution in [1.29, 1.82) is 0 Å². The van der Waals surface area contributed by atoms with Crippen molar-refractivity contribution in [2.75, 3.05) is 38.0 Å². The molecule has 0 spiro atoms. The first-order valence-corrected chi connectivity index (χ1v) is 6.96. The zero-order valence-corrected chi connectivity index (χ0v) is 12.5. The minimum Gasteiger partial charge on any atom is -0.378 e. The van der Waals surface area contributed by atoms with Gasteiger partial charge in [-0.2, -0.15) is 0 Å². The van der Waals surface area contributed by atoms with Gasteiger partial charge in [0.15, 0.2) is 0 Å². The van der Waals surface area contributed by atoms with E-state index >= 15 is 0 Å². The van der Waals surface area contributed by atoms with Gasteiger partial charge in [-0.15, -0.1) is 11.6 Å². The molecule has 0 atom stereocenters. The Morgan fingerprint density at radius 2 is 1.70 bits per heavy atom. The number of hydrogen-bond acceptors (Lipinski definition) is 3. The predicted octanol–water partition coefficient (Wildman–Crippen LogP) is 1.23. The summed E-state index contributed by atoms with van der Waals surface area (Å²) in [6.45, 7) is 0.791. The molecule has 6 heteroatoms. The van der Waals surface area contributed by atoms with E-state index in [1.807, 2.05) is 31.1 Å². The van der Waals surface area contributed by atoms with Crippen molar-refractivity contribution in [3.05, 3.63) is 29.8 Å². The fourth-order valence-electron chi connectivity index (χ4n) is 1.57. The van der Waals surface area contributed by atoms with Gasteiger partial charge in [-0.1, -0.05) is 0 Å². The topological polar surface area (TPSA) is 61.4 Å². The number of alkyl halides is 1. The number of halogens is 1. The summed E-state index contributed by atoms with van der Waals surface area (Å²) < 4.78 is 0. The van der Waals surface area contributed by atoms with Gasteiger partial charge >= 0.3 is 0 Å². The molecule has 1 aromatic carbocycles. The van der Waals surface area contributed by atoms with Crippen LogP contribution in [0.2, 0.25) is 0 Å². The van der Waals surface area contributed by atoms with Gasteiger partial charge in [0.1, 0.15) is 0 Å². The van der Waals surface area contributed by atoms with Gasteiger partial charge in [-0.25, -0.2) is 0 Å². The highest BCUT2D eigenvalue weighted by Gasteiger charge is 2.05. The van der Waals surface area contributed by atoms with E-state index < -0.39 is 0 Å². The van der Waals surface area contributed by atoms with E-state index in [9.17, 15) is 9.59 Å². The van der Waals surface area contributed by atoms with E-state index in [0.29, 0.717) is 31.0 Å². The van der Waals surface area contributed by atoms with E-state index in [-0.39, 0.29) is 11.8 Å². The van der Waals surface area contributed by atoms with Crippen LogP contribution < -0.4 is 15.5 Å². The van der Waals surface area contributed by atoms with E-state index in [4.69, 9.17) is 11.6 Å². The molecular formula is C14H20ClN3O2. The maximum absolute atomic E-state index is 11.8. The zero-order valence-electron chi connectivity index (χ0n) is 11.8. The van der Waals surface area contributed by atoms with Crippen LogP contribution in [0, 0.1) is 0 Å². The smallest absolute Gasteiger partial charge is 0.251 e. The maximum Gasteiger partial charge on any atom is 0.251 e. The highest BCUT2D eigenvalue weighted by atomic mass is 35.5. The Kier molecular flexibility index (Phi) is 6.87. The molecule has 5 nitrogen and oxygen atoms in total. The second-order valence-electron chi connectivity index (χ2n) is 4.49. The van der Waals surface area contributed by atoms with Crippen LogP contribution in [-0.4, -0.2) is 44.9 Å². The standard InChI is InChI=1S/C14H20ClN3O2/c1-18(2)12-5-3-11(4-6-12)14(20)17-10-9-16-13(19)7-8-15/h3-6H,7-10H2,1-2H3,(H,16,19)(H,17,20). The lowest BCUT2D eigenvalue weighted by molar-refractivity contribution is -0.120. The largest absolute Gasteiger partial charge is 0.378 e. The molecule has 0 aliphatic carbocycles. The van der Waals surface area contributed by atoms with Crippen molar-refractivity contribution in [3.63, 3.8) is 0 Å². The number of nitrogens with zero attached hydrogens (tertiary/aromatic N) is 1. The predicted molar refractivity (Wildman–Crippen MR) is 81.4 cm³/mol. The Bertz CT molecular complexity index is 446. The van der Waals surface area contributed by atoms with Gasteiger partial charge < -0.3 is 15.5 Å². The Morgan fingerprint density at radius 1 is 1.10 bits per heavy atom. The fourth-order valence-corrected chi connectivity index (χ4v) is 1.74. The number of rotatable bonds is 7. The summed E-state index contributed by atoms with van der Waals surface area (Å²) in [5.41, 5.74) is 1.64. The summed E-state index contributed by atoms with van der Waals surface area (Å²) >= 11 is 5.44. The van der Waals surface area contributed by atoms with Gasteiger partial charge in [0.25, 0.3) is 5.91 Å². The third kappa shape index (κ3) is 5.48. The number of benzene rings is 1. The molecule has 0 aromatic heterocycles. The van der Waals surface area contributed by atoms with Crippen LogP contribution in [-0.2, 0) is 4.79 Å². The fraction of sp³-hybridized carbons (Fsp3) is 0.429. The number of carbonyl (C=O) groups excluding carboxylic acids is 2. The van der Waals surface area contributed by atoms with E-state index in [1.165, 1.54) is 0 Å². The van der Waals surface area contributed by atoms with Crippen LogP contribution in [0.15, 0.2) is 24.3 Å². The molecule has 0 bridgehead atoms. The second kappa shape index (κ2) is 8.43. The summed E-state index contributed by atoms with van der Waals surface area (Å²) in [6.07, 6.45) is 0.293. The molecule has 0 fully saturated rings. The summed E-state index contributed by atoms with van der Waals surface area (Å²) in [5, 5.41) is 5.41. The molecule has 2 amide bonds. The molecule has 0 aliphatic heterocycles. The number of anilines is 1. The van der Waals surface area contributed by atoms with Crippen LogP contribution in [0.25, 0.3) is 0 Å². The Morgan fingerprint density at radius 3 is 2.25 bits per heavy atom. The molecule has 0 aliphatic rings. The van der Waals surface area contributed by atoms with Gasteiger partial charge in [0, 0.05) is 50.7 Å². The second-order valence-corrected chi connectivity index (χ2v) is 4.86. The van der Waals surface area contributed by atoms with Crippen molar-refractivity contribution in [3.8, 4) is 0 Å². The summed E-state index contributed by atoms with van der Waals surface area (Å²) in [6, 6.07) is 7.32. The van der Waals surface area contributed by atoms with Crippen molar-refractivity contribution in [2.24, 2.45) is 0 Å². The molecule has 0 saturated heterocycles. The zero-order chi connectivity index (χ0) is 15.0. The van der Waals surface area contributed by atoms with E-state index in [1.54, 1.807) is 12.1 Å². The Balaban J connectivity index is 2.34. The van der Waals surface area contributed by atoms with Crippen molar-refractivity contribution < 1.29 is 9.59 Å². The lowest BCUT2D eigenvalue weighted by atomic mass is 10.2. The molecule has 1 aromatic rings. The van der Waals surface area contributed by atoms with Crippen LogP contribution in [0.5, 0.6) is 0 Å². The van der Waals surface area contributed by atoms with Crippen molar-refractivity contribution in [2.45, 2.75) is 6.42 Å².